The van der Waals surface area contributed by atoms with Crippen molar-refractivity contribution in [1.29, 1.82) is 0 Å². The zero-order valence-electron chi connectivity index (χ0n) is 8.14. The Hall–Kier alpha value is -0.740. The van der Waals surface area contributed by atoms with Gasteiger partial charge in [-0.25, -0.2) is 9.44 Å². The van der Waals surface area contributed by atoms with Gasteiger partial charge in [-0.05, 0) is 13.0 Å². The molecule has 0 saturated heterocycles. The molecule has 15 heavy (non-hydrogen) atoms. The Bertz CT molecular complexity index is 292. The Morgan fingerprint density at radius 1 is 1.40 bits per heavy atom. The Balaban J connectivity index is 3.89. The van der Waals surface area contributed by atoms with Crippen LogP contribution < -0.4 is 20.9 Å². The molecule has 0 amide bonds. The standard InChI is InChI=1S/C6H16N4O4S/c7-2-1-3-9-15(13,14)10-4-5(8)6(11)12/h5,9-10H,1-4,7-8H2,(H,11,12)/t5-/m0/s1. The summed E-state index contributed by atoms with van der Waals surface area (Å²) in [6.07, 6.45) is 0.506. The van der Waals surface area contributed by atoms with Crippen molar-refractivity contribution in [2.24, 2.45) is 11.5 Å². The van der Waals surface area contributed by atoms with Gasteiger partial charge < -0.3 is 16.6 Å². The van der Waals surface area contributed by atoms with Crippen LogP contribution in [0.15, 0.2) is 0 Å². The van der Waals surface area contributed by atoms with Crippen molar-refractivity contribution in [3.63, 3.8) is 0 Å². The predicted octanol–water partition coefficient (Wildman–Crippen LogP) is -2.83. The van der Waals surface area contributed by atoms with Gasteiger partial charge in [0.25, 0.3) is 10.2 Å². The van der Waals surface area contributed by atoms with Crippen molar-refractivity contribution in [2.45, 2.75) is 12.5 Å². The first-order valence-corrected chi connectivity index (χ1v) is 5.80. The molecule has 0 aliphatic heterocycles. The smallest absolute Gasteiger partial charge is 0.321 e. The highest BCUT2D eigenvalue weighted by Gasteiger charge is 2.15. The summed E-state index contributed by atoms with van der Waals surface area (Å²) in [5.74, 6) is -1.26. The summed E-state index contributed by atoms with van der Waals surface area (Å²) in [7, 11) is -3.68. The lowest BCUT2D eigenvalue weighted by atomic mass is 10.3. The summed E-state index contributed by atoms with van der Waals surface area (Å²) in [5.41, 5.74) is 10.3. The highest BCUT2D eigenvalue weighted by molar-refractivity contribution is 7.87. The van der Waals surface area contributed by atoms with Crippen LogP contribution in [-0.4, -0.2) is 45.2 Å². The molecule has 0 radical (unpaired) electrons. The fraction of sp³-hybridized carbons (Fsp3) is 0.833. The lowest BCUT2D eigenvalue weighted by Gasteiger charge is -2.09. The molecule has 0 bridgehead atoms. The van der Waals surface area contributed by atoms with Gasteiger partial charge in [0.1, 0.15) is 6.04 Å². The third-order valence-electron chi connectivity index (χ3n) is 1.48. The molecule has 0 aromatic heterocycles. The Morgan fingerprint density at radius 3 is 2.47 bits per heavy atom. The third-order valence-corrected chi connectivity index (χ3v) is 2.61. The SMILES string of the molecule is NCCCNS(=O)(=O)NC[C@H](N)C(=O)O. The van der Waals surface area contributed by atoms with Gasteiger partial charge in [-0.1, -0.05) is 0 Å². The van der Waals surface area contributed by atoms with Crippen LogP contribution in [0.2, 0.25) is 0 Å². The Labute approximate surface area is 88.2 Å². The molecule has 90 valence electrons. The molecule has 9 heteroatoms. The molecule has 7 N–H and O–H groups in total. The average Bonchev–Trinajstić information content (AvgIpc) is 2.14. The van der Waals surface area contributed by atoms with Crippen molar-refractivity contribution < 1.29 is 18.3 Å². The molecular weight excluding hydrogens is 224 g/mol. The van der Waals surface area contributed by atoms with E-state index in [4.69, 9.17) is 16.6 Å². The van der Waals surface area contributed by atoms with E-state index < -0.39 is 22.2 Å². The van der Waals surface area contributed by atoms with Crippen LogP contribution in [0.1, 0.15) is 6.42 Å². The third kappa shape index (κ3) is 7.22. The molecule has 0 aromatic carbocycles. The van der Waals surface area contributed by atoms with Gasteiger partial charge in [-0.2, -0.15) is 8.42 Å². The molecule has 0 aliphatic carbocycles. The molecular formula is C6H16N4O4S. The monoisotopic (exact) mass is 240 g/mol. The fourth-order valence-electron chi connectivity index (χ4n) is 0.646. The summed E-state index contributed by atoms with van der Waals surface area (Å²) in [5, 5.41) is 8.40. The van der Waals surface area contributed by atoms with Crippen LogP contribution in [0.5, 0.6) is 0 Å². The van der Waals surface area contributed by atoms with Crippen LogP contribution in [0, 0.1) is 0 Å². The molecule has 1 atom stereocenters. The summed E-state index contributed by atoms with van der Waals surface area (Å²) in [6, 6.07) is -1.25. The van der Waals surface area contributed by atoms with Crippen molar-refractivity contribution in [3.8, 4) is 0 Å². The molecule has 8 nitrogen and oxygen atoms in total. The second-order valence-corrected chi connectivity index (χ2v) is 4.42. The van der Waals surface area contributed by atoms with E-state index in [1.165, 1.54) is 0 Å². The number of carbonyl (C=O) groups is 1. The van der Waals surface area contributed by atoms with E-state index in [1.54, 1.807) is 0 Å². The normalized spacial score (nSPS) is 13.7. The molecule has 0 aromatic rings. The zero-order valence-corrected chi connectivity index (χ0v) is 8.96. The Morgan fingerprint density at radius 2 is 2.00 bits per heavy atom. The number of aliphatic carboxylic acids is 1. The summed E-state index contributed by atoms with van der Waals surface area (Å²) in [4.78, 5) is 10.3. The average molecular weight is 240 g/mol. The second kappa shape index (κ2) is 6.69. The maximum absolute atomic E-state index is 11.1. The number of hydrogen-bond acceptors (Lipinski definition) is 5. The van der Waals surface area contributed by atoms with E-state index in [2.05, 4.69) is 4.72 Å². The summed E-state index contributed by atoms with van der Waals surface area (Å²) in [6.45, 7) is 0.221. The first kappa shape index (κ1) is 14.3. The minimum atomic E-state index is -3.68. The quantitative estimate of drug-likeness (QED) is 0.289. The number of hydrogen-bond donors (Lipinski definition) is 5. The van der Waals surface area contributed by atoms with E-state index in [-0.39, 0.29) is 13.1 Å². The molecule has 0 unspecified atom stereocenters. The number of nitrogens with one attached hydrogen (secondary N) is 2. The van der Waals surface area contributed by atoms with Crippen LogP contribution in [0.25, 0.3) is 0 Å². The molecule has 0 aliphatic rings. The van der Waals surface area contributed by atoms with E-state index in [0.29, 0.717) is 13.0 Å². The lowest BCUT2D eigenvalue weighted by molar-refractivity contribution is -0.138. The van der Waals surface area contributed by atoms with Crippen LogP contribution >= 0.6 is 0 Å². The molecule has 0 rings (SSSR count). The van der Waals surface area contributed by atoms with Crippen molar-refractivity contribution >= 4 is 16.2 Å². The van der Waals surface area contributed by atoms with Gasteiger partial charge in [0, 0.05) is 13.1 Å². The molecule has 0 fully saturated rings. The van der Waals surface area contributed by atoms with Crippen LogP contribution in [0.3, 0.4) is 0 Å². The van der Waals surface area contributed by atoms with Crippen LogP contribution in [-0.2, 0) is 15.0 Å². The van der Waals surface area contributed by atoms with Gasteiger partial charge in [-0.15, -0.1) is 0 Å². The molecule has 0 spiro atoms. The number of carboxylic acids is 1. The lowest BCUT2D eigenvalue weighted by Crippen LogP contribution is -2.46. The first-order chi connectivity index (χ1) is 6.89. The molecule has 0 saturated carbocycles. The summed E-state index contributed by atoms with van der Waals surface area (Å²) >= 11 is 0. The topological polar surface area (TPSA) is 148 Å². The van der Waals surface area contributed by atoms with Gasteiger partial charge in [0.2, 0.25) is 0 Å². The van der Waals surface area contributed by atoms with E-state index in [0.717, 1.165) is 0 Å². The van der Waals surface area contributed by atoms with E-state index in [1.807, 2.05) is 4.72 Å². The maximum atomic E-state index is 11.1. The van der Waals surface area contributed by atoms with Gasteiger partial charge in [0.05, 0.1) is 0 Å². The van der Waals surface area contributed by atoms with Crippen LogP contribution in [0.4, 0.5) is 0 Å². The van der Waals surface area contributed by atoms with E-state index >= 15 is 0 Å². The maximum Gasteiger partial charge on any atom is 0.321 e. The zero-order chi connectivity index (χ0) is 11.9. The first-order valence-electron chi connectivity index (χ1n) is 4.31. The van der Waals surface area contributed by atoms with E-state index in [9.17, 15) is 13.2 Å². The van der Waals surface area contributed by atoms with Gasteiger partial charge in [-0.3, -0.25) is 4.79 Å². The molecule has 0 heterocycles. The number of rotatable bonds is 8. The predicted molar refractivity (Wildman–Crippen MR) is 54.2 cm³/mol. The second-order valence-electron chi connectivity index (χ2n) is 2.83. The van der Waals surface area contributed by atoms with Crippen molar-refractivity contribution in [3.05, 3.63) is 0 Å². The highest BCUT2D eigenvalue weighted by atomic mass is 32.2. The highest BCUT2D eigenvalue weighted by Crippen LogP contribution is 1.81. The van der Waals surface area contributed by atoms with Gasteiger partial charge in [0.15, 0.2) is 0 Å². The minimum Gasteiger partial charge on any atom is -0.480 e. The fourth-order valence-corrected chi connectivity index (χ4v) is 1.56. The summed E-state index contributed by atoms with van der Waals surface area (Å²) < 4.78 is 26.4. The van der Waals surface area contributed by atoms with Crippen molar-refractivity contribution in [1.82, 2.24) is 9.44 Å². The number of nitrogens with two attached hydrogens (primary N) is 2. The Kier molecular flexibility index (Phi) is 6.36. The minimum absolute atomic E-state index is 0.203. The largest absolute Gasteiger partial charge is 0.480 e. The van der Waals surface area contributed by atoms with Gasteiger partial charge >= 0.3 is 5.97 Å². The number of carboxylic acid groups (broad SMARTS) is 1. The van der Waals surface area contributed by atoms with Crippen molar-refractivity contribution in [2.75, 3.05) is 19.6 Å².